The van der Waals surface area contributed by atoms with Crippen molar-refractivity contribution in [1.29, 1.82) is 0 Å². The van der Waals surface area contributed by atoms with Gasteiger partial charge in [-0.3, -0.25) is 4.79 Å². The normalized spacial score (nSPS) is 19.2. The van der Waals surface area contributed by atoms with Crippen LogP contribution in [0.1, 0.15) is 37.3 Å². The molecule has 1 amide bonds. The van der Waals surface area contributed by atoms with E-state index in [-0.39, 0.29) is 17.6 Å². The Morgan fingerprint density at radius 1 is 1.29 bits per heavy atom. The fourth-order valence-electron chi connectivity index (χ4n) is 2.99. The van der Waals surface area contributed by atoms with Crippen molar-refractivity contribution in [2.24, 2.45) is 5.92 Å². The van der Waals surface area contributed by atoms with Crippen LogP contribution in [0.15, 0.2) is 24.3 Å². The van der Waals surface area contributed by atoms with Crippen LogP contribution in [0, 0.1) is 12.8 Å². The summed E-state index contributed by atoms with van der Waals surface area (Å²) in [5, 5.41) is 2.96. The quantitative estimate of drug-likeness (QED) is 0.764. The third kappa shape index (κ3) is 5.31. The largest absolute Gasteiger partial charge is 0.356 e. The molecule has 1 aliphatic heterocycles. The summed E-state index contributed by atoms with van der Waals surface area (Å²) in [5.74, 6) is -0.146. The van der Waals surface area contributed by atoms with Crippen molar-refractivity contribution in [3.63, 3.8) is 0 Å². The van der Waals surface area contributed by atoms with Crippen LogP contribution in [-0.2, 0) is 21.2 Å². The number of nitrogens with zero attached hydrogens (tertiary/aromatic N) is 1. The summed E-state index contributed by atoms with van der Waals surface area (Å²) < 4.78 is 25.4. The van der Waals surface area contributed by atoms with Crippen LogP contribution in [-0.4, -0.2) is 44.0 Å². The molecular formula is C18H28N2O3S. The molecule has 0 aromatic heterocycles. The molecule has 1 heterocycles. The van der Waals surface area contributed by atoms with Gasteiger partial charge in [-0.15, -0.1) is 0 Å². The van der Waals surface area contributed by atoms with Crippen LogP contribution in [0.4, 0.5) is 0 Å². The minimum Gasteiger partial charge on any atom is -0.356 e. The van der Waals surface area contributed by atoms with Gasteiger partial charge in [-0.25, -0.2) is 12.7 Å². The molecule has 0 aliphatic carbocycles. The van der Waals surface area contributed by atoms with E-state index in [4.69, 9.17) is 0 Å². The lowest BCUT2D eigenvalue weighted by Crippen LogP contribution is -2.46. The maximum atomic E-state index is 12.3. The molecule has 134 valence electrons. The minimum absolute atomic E-state index is 0.0186. The van der Waals surface area contributed by atoms with E-state index in [1.54, 1.807) is 6.92 Å². The van der Waals surface area contributed by atoms with Gasteiger partial charge in [0.15, 0.2) is 0 Å². The molecule has 24 heavy (non-hydrogen) atoms. The van der Waals surface area contributed by atoms with E-state index in [0.717, 1.165) is 25.7 Å². The second-order valence-electron chi connectivity index (χ2n) is 6.48. The minimum atomic E-state index is -3.20. The first-order chi connectivity index (χ1) is 11.4. The van der Waals surface area contributed by atoms with Gasteiger partial charge in [0.2, 0.25) is 15.9 Å². The van der Waals surface area contributed by atoms with E-state index >= 15 is 0 Å². The lowest BCUT2D eigenvalue weighted by atomic mass is 9.99. The molecule has 1 aliphatic rings. The Morgan fingerprint density at radius 3 is 2.67 bits per heavy atom. The first-order valence-electron chi connectivity index (χ1n) is 8.73. The number of piperidine rings is 1. The van der Waals surface area contributed by atoms with Gasteiger partial charge in [-0.05, 0) is 45.1 Å². The molecule has 0 spiro atoms. The molecule has 0 bridgehead atoms. The van der Waals surface area contributed by atoms with Gasteiger partial charge >= 0.3 is 0 Å². The Bertz CT molecular complexity index is 641. The number of amides is 1. The maximum Gasteiger partial charge on any atom is 0.224 e. The second kappa shape index (κ2) is 8.62. The van der Waals surface area contributed by atoms with Gasteiger partial charge in [0, 0.05) is 19.6 Å². The fraction of sp³-hybridized carbons (Fsp3) is 0.611. The topological polar surface area (TPSA) is 66.5 Å². The van der Waals surface area contributed by atoms with Crippen molar-refractivity contribution in [2.45, 2.75) is 39.5 Å². The molecule has 1 N–H and O–H groups in total. The standard InChI is InChI=1S/C18H28N2O3S/c1-3-24(22,23)20-13-5-7-17(14-20)18(21)19-12-4-6-16-10-8-15(2)9-11-16/h8-11,17H,3-7,12-14H2,1-2H3,(H,19,21). The summed E-state index contributed by atoms with van der Waals surface area (Å²) in [6.07, 6.45) is 3.33. The summed E-state index contributed by atoms with van der Waals surface area (Å²) in [6, 6.07) is 8.43. The highest BCUT2D eigenvalue weighted by molar-refractivity contribution is 7.89. The van der Waals surface area contributed by atoms with E-state index in [9.17, 15) is 13.2 Å². The summed E-state index contributed by atoms with van der Waals surface area (Å²) >= 11 is 0. The van der Waals surface area contributed by atoms with Gasteiger partial charge in [0.05, 0.1) is 11.7 Å². The van der Waals surface area contributed by atoms with Crippen LogP contribution >= 0.6 is 0 Å². The Morgan fingerprint density at radius 2 is 2.00 bits per heavy atom. The van der Waals surface area contributed by atoms with Crippen LogP contribution < -0.4 is 5.32 Å². The predicted molar refractivity (Wildman–Crippen MR) is 96.3 cm³/mol. The fourth-order valence-corrected chi connectivity index (χ4v) is 4.17. The van der Waals surface area contributed by atoms with Crippen molar-refractivity contribution in [1.82, 2.24) is 9.62 Å². The Kier molecular flexibility index (Phi) is 6.80. The molecule has 5 nitrogen and oxygen atoms in total. The molecule has 0 radical (unpaired) electrons. The van der Waals surface area contributed by atoms with Crippen LogP contribution in [0.25, 0.3) is 0 Å². The third-order valence-corrected chi connectivity index (χ3v) is 6.42. The molecule has 1 saturated heterocycles. The number of sulfonamides is 1. The average molecular weight is 353 g/mol. The van der Waals surface area contributed by atoms with Gasteiger partial charge in [-0.1, -0.05) is 29.8 Å². The lowest BCUT2D eigenvalue weighted by molar-refractivity contribution is -0.126. The lowest BCUT2D eigenvalue weighted by Gasteiger charge is -2.30. The first kappa shape index (κ1) is 18.9. The average Bonchev–Trinajstić information content (AvgIpc) is 2.60. The summed E-state index contributed by atoms with van der Waals surface area (Å²) in [6.45, 7) is 5.19. The van der Waals surface area contributed by atoms with Crippen molar-refractivity contribution in [3.05, 3.63) is 35.4 Å². The number of rotatable bonds is 7. The Labute approximate surface area is 145 Å². The zero-order valence-electron chi connectivity index (χ0n) is 14.6. The number of hydrogen-bond acceptors (Lipinski definition) is 3. The van der Waals surface area contributed by atoms with E-state index in [1.165, 1.54) is 15.4 Å². The van der Waals surface area contributed by atoms with E-state index in [1.807, 2.05) is 0 Å². The molecule has 1 unspecified atom stereocenters. The Balaban J connectivity index is 1.75. The second-order valence-corrected chi connectivity index (χ2v) is 8.74. The maximum absolute atomic E-state index is 12.3. The van der Waals surface area contributed by atoms with Gasteiger partial charge < -0.3 is 5.32 Å². The molecule has 2 rings (SSSR count). The molecule has 1 atom stereocenters. The highest BCUT2D eigenvalue weighted by atomic mass is 32.2. The number of hydrogen-bond donors (Lipinski definition) is 1. The van der Waals surface area contributed by atoms with Crippen molar-refractivity contribution in [2.75, 3.05) is 25.4 Å². The van der Waals surface area contributed by atoms with Crippen LogP contribution in [0.5, 0.6) is 0 Å². The van der Waals surface area contributed by atoms with Crippen molar-refractivity contribution < 1.29 is 13.2 Å². The first-order valence-corrected chi connectivity index (χ1v) is 10.3. The van der Waals surface area contributed by atoms with E-state index < -0.39 is 10.0 Å². The number of nitrogens with one attached hydrogen (secondary N) is 1. The molecule has 1 fully saturated rings. The summed E-state index contributed by atoms with van der Waals surface area (Å²) in [4.78, 5) is 12.3. The smallest absolute Gasteiger partial charge is 0.224 e. The molecule has 1 aromatic carbocycles. The number of aryl methyl sites for hydroxylation is 2. The number of carbonyl (C=O) groups excluding carboxylic acids is 1. The van der Waals surface area contributed by atoms with Crippen molar-refractivity contribution in [3.8, 4) is 0 Å². The molecule has 6 heteroatoms. The zero-order chi connectivity index (χ0) is 17.6. The monoisotopic (exact) mass is 352 g/mol. The number of benzene rings is 1. The van der Waals surface area contributed by atoms with Crippen LogP contribution in [0.3, 0.4) is 0 Å². The van der Waals surface area contributed by atoms with E-state index in [2.05, 4.69) is 36.5 Å². The molecular weight excluding hydrogens is 324 g/mol. The van der Waals surface area contributed by atoms with Gasteiger partial charge in [0.1, 0.15) is 0 Å². The molecule has 0 saturated carbocycles. The highest BCUT2D eigenvalue weighted by Crippen LogP contribution is 2.19. The third-order valence-electron chi connectivity index (χ3n) is 4.58. The van der Waals surface area contributed by atoms with Gasteiger partial charge in [0.25, 0.3) is 0 Å². The van der Waals surface area contributed by atoms with Crippen molar-refractivity contribution >= 4 is 15.9 Å². The summed E-state index contributed by atoms with van der Waals surface area (Å²) in [5.41, 5.74) is 2.52. The van der Waals surface area contributed by atoms with Gasteiger partial charge in [-0.2, -0.15) is 0 Å². The molecule has 1 aromatic rings. The SMILES string of the molecule is CCS(=O)(=O)N1CCCC(C(=O)NCCCc2ccc(C)cc2)C1. The Hall–Kier alpha value is -1.40. The van der Waals surface area contributed by atoms with E-state index in [0.29, 0.717) is 19.6 Å². The summed E-state index contributed by atoms with van der Waals surface area (Å²) in [7, 11) is -3.20. The predicted octanol–water partition coefficient (Wildman–Crippen LogP) is 2.11. The number of carbonyl (C=O) groups is 1. The van der Waals surface area contributed by atoms with Crippen LogP contribution in [0.2, 0.25) is 0 Å². The zero-order valence-corrected chi connectivity index (χ0v) is 15.4. The highest BCUT2D eigenvalue weighted by Gasteiger charge is 2.31.